The summed E-state index contributed by atoms with van der Waals surface area (Å²) in [5, 5.41) is 2.84. The van der Waals surface area contributed by atoms with Crippen molar-refractivity contribution in [3.05, 3.63) is 83.7 Å². The zero-order valence-electron chi connectivity index (χ0n) is 16.8. The molecular formula is C24H20F3N3O. The minimum Gasteiger partial charge on any atom is -0.342 e. The number of amides is 1. The fraction of sp³-hybridized carbons (Fsp3) is 0.167. The van der Waals surface area contributed by atoms with E-state index in [2.05, 4.69) is 15.3 Å². The van der Waals surface area contributed by atoms with E-state index in [-0.39, 0.29) is 5.91 Å². The third-order valence-electron chi connectivity index (χ3n) is 5.01. The SMILES string of the molecule is CC(=O)Nc1ccccc1-c1ccc2[nH]c(CCc3ccc(C(F)(F)F)cc3)nc2c1. The van der Waals surface area contributed by atoms with Crippen molar-refractivity contribution in [1.82, 2.24) is 9.97 Å². The smallest absolute Gasteiger partial charge is 0.342 e. The highest BCUT2D eigenvalue weighted by Gasteiger charge is 2.29. The molecule has 7 heteroatoms. The Morgan fingerprint density at radius 2 is 1.74 bits per heavy atom. The number of alkyl halides is 3. The lowest BCUT2D eigenvalue weighted by Gasteiger charge is -2.09. The molecule has 4 rings (SSSR count). The number of nitrogens with one attached hydrogen (secondary N) is 2. The highest BCUT2D eigenvalue weighted by atomic mass is 19.4. The molecule has 158 valence electrons. The summed E-state index contributed by atoms with van der Waals surface area (Å²) in [6.07, 6.45) is -3.17. The first-order chi connectivity index (χ1) is 14.8. The molecule has 0 radical (unpaired) electrons. The first-order valence-corrected chi connectivity index (χ1v) is 9.81. The molecule has 0 aliphatic rings. The number of hydrogen-bond donors (Lipinski definition) is 2. The Balaban J connectivity index is 1.53. The molecule has 0 aliphatic heterocycles. The third kappa shape index (κ3) is 4.77. The molecule has 3 aromatic carbocycles. The predicted molar refractivity (Wildman–Crippen MR) is 115 cm³/mol. The quantitative estimate of drug-likeness (QED) is 0.414. The minimum atomic E-state index is -4.33. The summed E-state index contributed by atoms with van der Waals surface area (Å²) in [5.41, 5.74) is 4.39. The van der Waals surface area contributed by atoms with Gasteiger partial charge in [0.05, 0.1) is 16.6 Å². The van der Waals surface area contributed by atoms with Gasteiger partial charge < -0.3 is 10.3 Å². The van der Waals surface area contributed by atoms with E-state index in [0.29, 0.717) is 12.8 Å². The summed E-state index contributed by atoms with van der Waals surface area (Å²) in [6.45, 7) is 1.47. The number of halogens is 3. The van der Waals surface area contributed by atoms with Crippen LogP contribution in [0.5, 0.6) is 0 Å². The third-order valence-corrected chi connectivity index (χ3v) is 5.01. The Labute approximate surface area is 177 Å². The predicted octanol–water partition coefficient (Wildman–Crippen LogP) is 5.99. The fourth-order valence-electron chi connectivity index (χ4n) is 3.50. The molecule has 2 N–H and O–H groups in total. The molecule has 31 heavy (non-hydrogen) atoms. The van der Waals surface area contributed by atoms with Crippen molar-refractivity contribution in [2.24, 2.45) is 0 Å². The Bertz CT molecular complexity index is 1230. The van der Waals surface area contributed by atoms with E-state index in [4.69, 9.17) is 0 Å². The van der Waals surface area contributed by atoms with E-state index in [1.807, 2.05) is 42.5 Å². The molecule has 4 nitrogen and oxygen atoms in total. The van der Waals surface area contributed by atoms with E-state index < -0.39 is 11.7 Å². The lowest BCUT2D eigenvalue weighted by molar-refractivity contribution is -0.137. The largest absolute Gasteiger partial charge is 0.416 e. The molecule has 0 atom stereocenters. The van der Waals surface area contributed by atoms with Gasteiger partial charge >= 0.3 is 6.18 Å². The highest BCUT2D eigenvalue weighted by Crippen LogP contribution is 2.31. The number of carbonyl (C=O) groups is 1. The van der Waals surface area contributed by atoms with Crippen LogP contribution < -0.4 is 5.32 Å². The van der Waals surface area contributed by atoms with E-state index in [1.165, 1.54) is 19.1 Å². The van der Waals surface area contributed by atoms with Crippen molar-refractivity contribution in [3.8, 4) is 11.1 Å². The number of H-pyrrole nitrogens is 1. The fourth-order valence-corrected chi connectivity index (χ4v) is 3.50. The molecule has 1 amide bonds. The van der Waals surface area contributed by atoms with Crippen molar-refractivity contribution >= 4 is 22.6 Å². The minimum absolute atomic E-state index is 0.140. The van der Waals surface area contributed by atoms with Gasteiger partial charge in [0, 0.05) is 24.6 Å². The van der Waals surface area contributed by atoms with Crippen molar-refractivity contribution in [1.29, 1.82) is 0 Å². The van der Waals surface area contributed by atoms with Gasteiger partial charge in [-0.2, -0.15) is 13.2 Å². The second-order valence-corrected chi connectivity index (χ2v) is 7.34. The van der Waals surface area contributed by atoms with Crippen LogP contribution >= 0.6 is 0 Å². The lowest BCUT2D eigenvalue weighted by atomic mass is 10.0. The number of hydrogen-bond acceptors (Lipinski definition) is 2. The van der Waals surface area contributed by atoms with Crippen LogP contribution in [0, 0.1) is 0 Å². The van der Waals surface area contributed by atoms with Gasteiger partial charge in [0.1, 0.15) is 5.82 Å². The molecule has 0 saturated heterocycles. The van der Waals surface area contributed by atoms with Crippen molar-refractivity contribution < 1.29 is 18.0 Å². The van der Waals surface area contributed by atoms with Crippen LogP contribution in [0.15, 0.2) is 66.7 Å². The Hall–Kier alpha value is -3.61. The van der Waals surface area contributed by atoms with Crippen LogP contribution in [0.4, 0.5) is 18.9 Å². The van der Waals surface area contributed by atoms with Gasteiger partial charge in [0.2, 0.25) is 5.91 Å². The number of benzene rings is 3. The number of aromatic nitrogens is 2. The maximum Gasteiger partial charge on any atom is 0.416 e. The van der Waals surface area contributed by atoms with Crippen molar-refractivity contribution in [2.75, 3.05) is 5.32 Å². The summed E-state index contributed by atoms with van der Waals surface area (Å²) < 4.78 is 38.1. The van der Waals surface area contributed by atoms with E-state index in [9.17, 15) is 18.0 Å². The Morgan fingerprint density at radius 1 is 1.00 bits per heavy atom. The number of aromatic amines is 1. The first-order valence-electron chi connectivity index (χ1n) is 9.81. The number of rotatable bonds is 5. The van der Waals surface area contributed by atoms with Gasteiger partial charge in [-0.25, -0.2) is 4.98 Å². The number of fused-ring (bicyclic) bond motifs is 1. The number of anilines is 1. The summed E-state index contributed by atoms with van der Waals surface area (Å²) in [4.78, 5) is 19.4. The molecule has 1 aromatic heterocycles. The van der Waals surface area contributed by atoms with Gasteiger partial charge in [-0.15, -0.1) is 0 Å². The second-order valence-electron chi connectivity index (χ2n) is 7.34. The molecule has 0 unspecified atom stereocenters. The Kier molecular flexibility index (Phi) is 5.50. The summed E-state index contributed by atoms with van der Waals surface area (Å²) in [5.74, 6) is 0.626. The summed E-state index contributed by atoms with van der Waals surface area (Å²) in [7, 11) is 0. The van der Waals surface area contributed by atoms with Gasteiger partial charge in [-0.3, -0.25) is 4.79 Å². The van der Waals surface area contributed by atoms with Crippen molar-refractivity contribution in [3.63, 3.8) is 0 Å². The lowest BCUT2D eigenvalue weighted by Crippen LogP contribution is -2.06. The second kappa shape index (κ2) is 8.26. The van der Waals surface area contributed by atoms with Crippen LogP contribution in [0.25, 0.3) is 22.2 Å². The molecule has 0 spiro atoms. The highest BCUT2D eigenvalue weighted by molar-refractivity contribution is 5.95. The van der Waals surface area contributed by atoms with Crippen LogP contribution in [0.3, 0.4) is 0 Å². The molecule has 0 saturated carbocycles. The number of aryl methyl sites for hydroxylation is 2. The summed E-state index contributed by atoms with van der Waals surface area (Å²) in [6, 6.07) is 18.6. The monoisotopic (exact) mass is 423 g/mol. The number of imidazole rings is 1. The molecule has 4 aromatic rings. The number of para-hydroxylation sites is 1. The van der Waals surface area contributed by atoms with Crippen molar-refractivity contribution in [2.45, 2.75) is 25.9 Å². The van der Waals surface area contributed by atoms with Crippen LogP contribution in [-0.2, 0) is 23.8 Å². The molecule has 0 bridgehead atoms. The zero-order chi connectivity index (χ0) is 22.0. The van der Waals surface area contributed by atoms with E-state index >= 15 is 0 Å². The van der Waals surface area contributed by atoms with Crippen LogP contribution in [0.2, 0.25) is 0 Å². The zero-order valence-corrected chi connectivity index (χ0v) is 16.8. The van der Waals surface area contributed by atoms with Gasteiger partial charge in [0.15, 0.2) is 0 Å². The van der Waals surface area contributed by atoms with Gasteiger partial charge in [0.25, 0.3) is 0 Å². The Morgan fingerprint density at radius 3 is 2.45 bits per heavy atom. The standard InChI is InChI=1S/C24H20F3N3O/c1-15(31)28-20-5-3-2-4-19(20)17-9-12-21-22(14-17)30-23(29-21)13-8-16-6-10-18(11-7-16)24(25,26)27/h2-7,9-12,14H,8,13H2,1H3,(H,28,31)(H,29,30). The molecule has 0 aliphatic carbocycles. The average molecular weight is 423 g/mol. The topological polar surface area (TPSA) is 57.8 Å². The number of nitrogens with zero attached hydrogens (tertiary/aromatic N) is 1. The summed E-state index contributed by atoms with van der Waals surface area (Å²) >= 11 is 0. The van der Waals surface area contributed by atoms with Gasteiger partial charge in [-0.1, -0.05) is 36.4 Å². The first kappa shape index (κ1) is 20.7. The number of carbonyl (C=O) groups excluding carboxylic acids is 1. The normalized spacial score (nSPS) is 11.6. The van der Waals surface area contributed by atoms with E-state index in [1.54, 1.807) is 0 Å². The van der Waals surface area contributed by atoms with Gasteiger partial charge in [-0.05, 0) is 47.9 Å². The maximum absolute atomic E-state index is 12.7. The molecule has 1 heterocycles. The average Bonchev–Trinajstić information content (AvgIpc) is 3.14. The van der Waals surface area contributed by atoms with E-state index in [0.717, 1.165) is 51.4 Å². The van der Waals surface area contributed by atoms with Crippen LogP contribution in [0.1, 0.15) is 23.9 Å². The molecule has 0 fully saturated rings. The maximum atomic E-state index is 12.7. The van der Waals surface area contributed by atoms with Crippen LogP contribution in [-0.4, -0.2) is 15.9 Å². The molecular weight excluding hydrogens is 403 g/mol.